The molecule has 0 bridgehead atoms. The third-order valence-electron chi connectivity index (χ3n) is 4.05. The van der Waals surface area contributed by atoms with E-state index in [4.69, 9.17) is 17.4 Å². The van der Waals surface area contributed by atoms with Crippen LogP contribution in [0.1, 0.15) is 42.6 Å². The average Bonchev–Trinajstić information content (AvgIpc) is 2.53. The number of nitrogens with zero attached hydrogens (tertiary/aromatic N) is 2. The molecule has 1 fully saturated rings. The van der Waals surface area contributed by atoms with Crippen LogP contribution in [0.2, 0.25) is 5.02 Å². The highest BCUT2D eigenvalue weighted by Crippen LogP contribution is 2.45. The molecule has 0 saturated heterocycles. The summed E-state index contributed by atoms with van der Waals surface area (Å²) in [4.78, 5) is 19.6. The molecule has 24 heavy (non-hydrogen) atoms. The van der Waals surface area contributed by atoms with Gasteiger partial charge in [0.25, 0.3) is 5.91 Å². The number of hydrogen-bond donors (Lipinski definition) is 3. The fourth-order valence-corrected chi connectivity index (χ4v) is 2.84. The topological polar surface area (TPSA) is 92.9 Å². The molecular weight excluding hydrogens is 333 g/mol. The second-order valence-corrected chi connectivity index (χ2v) is 5.89. The van der Waals surface area contributed by atoms with Gasteiger partial charge in [-0.2, -0.15) is 0 Å². The van der Waals surface area contributed by atoms with Crippen molar-refractivity contribution in [2.75, 3.05) is 5.32 Å². The smallest absolute Gasteiger partial charge is 0.268 e. The Kier molecular flexibility index (Phi) is 5.36. The second-order valence-electron chi connectivity index (χ2n) is 5.45. The largest absolute Gasteiger partial charge is 0.345 e. The van der Waals surface area contributed by atoms with Gasteiger partial charge in [0, 0.05) is 23.0 Å². The number of nitrogen functional groups attached to an aromatic ring is 1. The molecule has 2 aromatic rings. The molecular formula is C16H19ClFN5O. The van der Waals surface area contributed by atoms with Crippen LogP contribution in [0.3, 0.4) is 0 Å². The molecule has 6 nitrogen and oxygen atoms in total. The predicted molar refractivity (Wildman–Crippen MR) is 91.0 cm³/mol. The normalized spacial score (nSPS) is 15.0. The Morgan fingerprint density at radius 2 is 1.96 bits per heavy atom. The Morgan fingerprint density at radius 3 is 2.50 bits per heavy atom. The monoisotopic (exact) mass is 351 g/mol. The van der Waals surface area contributed by atoms with Crippen LogP contribution in [0.4, 0.5) is 10.3 Å². The van der Waals surface area contributed by atoms with Crippen LogP contribution in [0.5, 0.6) is 0 Å². The number of anilines is 1. The Balaban J connectivity index is 0.00000208. The molecule has 8 heteroatoms. The molecule has 0 aliphatic heterocycles. The van der Waals surface area contributed by atoms with Crippen molar-refractivity contribution in [3.8, 4) is 0 Å². The minimum absolute atomic E-state index is 0. The van der Waals surface area contributed by atoms with Gasteiger partial charge in [0.2, 0.25) is 5.95 Å². The summed E-state index contributed by atoms with van der Waals surface area (Å²) in [5.41, 5.74) is 2.18. The van der Waals surface area contributed by atoms with Gasteiger partial charge in [0.1, 0.15) is 5.82 Å². The van der Waals surface area contributed by atoms with E-state index in [0.29, 0.717) is 16.5 Å². The zero-order valence-corrected chi connectivity index (χ0v) is 12.9. The van der Waals surface area contributed by atoms with E-state index in [9.17, 15) is 9.18 Å². The van der Waals surface area contributed by atoms with E-state index in [1.165, 1.54) is 24.5 Å². The SMILES string of the molecule is C.NNC(=O)c1cnc(NC2(c3cc(Cl)ccc3F)CCC2)nc1. The maximum absolute atomic E-state index is 14.2. The highest BCUT2D eigenvalue weighted by Gasteiger charge is 2.41. The Labute approximate surface area is 144 Å². The van der Waals surface area contributed by atoms with Crippen LogP contribution < -0.4 is 16.6 Å². The highest BCUT2D eigenvalue weighted by molar-refractivity contribution is 6.30. The summed E-state index contributed by atoms with van der Waals surface area (Å²) in [6.45, 7) is 0. The number of rotatable bonds is 4. The van der Waals surface area contributed by atoms with Crippen LogP contribution >= 0.6 is 11.6 Å². The molecule has 0 unspecified atom stereocenters. The van der Waals surface area contributed by atoms with Crippen LogP contribution in [0, 0.1) is 5.82 Å². The number of amides is 1. The first kappa shape index (κ1) is 18.1. The van der Waals surface area contributed by atoms with Gasteiger partial charge in [-0.15, -0.1) is 0 Å². The maximum Gasteiger partial charge on any atom is 0.268 e. The minimum atomic E-state index is -0.577. The Bertz CT molecular complexity index is 734. The van der Waals surface area contributed by atoms with E-state index < -0.39 is 11.4 Å². The Hall–Kier alpha value is -2.25. The van der Waals surface area contributed by atoms with Gasteiger partial charge in [0.15, 0.2) is 0 Å². The van der Waals surface area contributed by atoms with Crippen molar-refractivity contribution in [2.45, 2.75) is 32.2 Å². The zero-order chi connectivity index (χ0) is 16.4. The van der Waals surface area contributed by atoms with Crippen molar-refractivity contribution in [3.63, 3.8) is 0 Å². The molecule has 1 aliphatic rings. The van der Waals surface area contributed by atoms with E-state index in [1.54, 1.807) is 6.07 Å². The first-order valence-electron chi connectivity index (χ1n) is 7.11. The molecule has 3 rings (SSSR count). The number of carbonyl (C=O) groups excluding carboxylic acids is 1. The van der Waals surface area contributed by atoms with Gasteiger partial charge in [-0.25, -0.2) is 20.2 Å². The number of halogens is 2. The number of carbonyl (C=O) groups is 1. The molecule has 0 radical (unpaired) electrons. The van der Waals surface area contributed by atoms with Crippen molar-refractivity contribution in [3.05, 3.63) is 52.6 Å². The number of aromatic nitrogens is 2. The number of hydrogen-bond acceptors (Lipinski definition) is 5. The Morgan fingerprint density at radius 1 is 1.29 bits per heavy atom. The van der Waals surface area contributed by atoms with Crippen LogP contribution in [-0.2, 0) is 5.54 Å². The van der Waals surface area contributed by atoms with Gasteiger partial charge in [-0.05, 0) is 37.5 Å². The average molecular weight is 352 g/mol. The molecule has 1 amide bonds. The third kappa shape index (κ3) is 3.32. The predicted octanol–water partition coefficient (Wildman–Crippen LogP) is 3.00. The van der Waals surface area contributed by atoms with E-state index in [2.05, 4.69) is 15.3 Å². The summed E-state index contributed by atoms with van der Waals surface area (Å²) < 4.78 is 14.2. The maximum atomic E-state index is 14.2. The fraction of sp³-hybridized carbons (Fsp3) is 0.312. The lowest BCUT2D eigenvalue weighted by Gasteiger charge is -2.43. The molecule has 1 aliphatic carbocycles. The summed E-state index contributed by atoms with van der Waals surface area (Å²) in [5.74, 6) is 4.58. The van der Waals surface area contributed by atoms with Gasteiger partial charge in [-0.3, -0.25) is 10.2 Å². The van der Waals surface area contributed by atoms with Gasteiger partial charge >= 0.3 is 0 Å². The molecule has 4 N–H and O–H groups in total. The summed E-state index contributed by atoms with van der Waals surface area (Å²) in [7, 11) is 0. The summed E-state index contributed by atoms with van der Waals surface area (Å²) in [6, 6.07) is 4.50. The fourth-order valence-electron chi connectivity index (χ4n) is 2.66. The lowest BCUT2D eigenvalue weighted by Crippen LogP contribution is -2.43. The summed E-state index contributed by atoms with van der Waals surface area (Å²) in [5, 5.41) is 3.65. The van der Waals surface area contributed by atoms with E-state index in [0.717, 1.165) is 19.3 Å². The van der Waals surface area contributed by atoms with Crippen LogP contribution in [0.25, 0.3) is 0 Å². The zero-order valence-electron chi connectivity index (χ0n) is 12.1. The quantitative estimate of drug-likeness (QED) is 0.447. The second kappa shape index (κ2) is 7.11. The van der Waals surface area contributed by atoms with Gasteiger partial charge in [0.05, 0.1) is 11.1 Å². The number of hydrazine groups is 1. The van der Waals surface area contributed by atoms with Crippen molar-refractivity contribution >= 4 is 23.5 Å². The first-order valence-corrected chi connectivity index (χ1v) is 7.48. The number of nitrogens with two attached hydrogens (primary N) is 1. The molecule has 1 saturated carbocycles. The van der Waals surface area contributed by atoms with E-state index >= 15 is 0 Å². The van der Waals surface area contributed by atoms with Crippen molar-refractivity contribution in [2.24, 2.45) is 5.84 Å². The first-order chi connectivity index (χ1) is 11.0. The molecule has 128 valence electrons. The summed E-state index contributed by atoms with van der Waals surface area (Å²) in [6.07, 6.45) is 5.18. The molecule has 1 aromatic carbocycles. The van der Waals surface area contributed by atoms with Crippen molar-refractivity contribution in [1.82, 2.24) is 15.4 Å². The standard InChI is InChI=1S/C15H15ClFN5O.CH4/c16-10-2-3-12(17)11(6-10)15(4-1-5-15)21-14-19-7-9(8-20-14)13(23)22-18;/h2-3,6-8H,1,4-5,18H2,(H,22,23)(H,19,20,21);1H4. The summed E-state index contributed by atoms with van der Waals surface area (Å²) >= 11 is 6.00. The van der Waals surface area contributed by atoms with Crippen LogP contribution in [-0.4, -0.2) is 15.9 Å². The number of benzene rings is 1. The minimum Gasteiger partial charge on any atom is -0.345 e. The lowest BCUT2D eigenvalue weighted by atomic mass is 9.71. The van der Waals surface area contributed by atoms with Gasteiger partial charge in [-0.1, -0.05) is 19.0 Å². The third-order valence-corrected chi connectivity index (χ3v) is 4.28. The molecule has 0 atom stereocenters. The highest BCUT2D eigenvalue weighted by atomic mass is 35.5. The van der Waals surface area contributed by atoms with Crippen molar-refractivity contribution in [1.29, 1.82) is 0 Å². The molecule has 0 spiro atoms. The molecule has 1 aromatic heterocycles. The van der Waals surface area contributed by atoms with Gasteiger partial charge < -0.3 is 5.32 Å². The molecule has 1 heterocycles. The van der Waals surface area contributed by atoms with E-state index in [1.807, 2.05) is 5.43 Å². The van der Waals surface area contributed by atoms with Crippen molar-refractivity contribution < 1.29 is 9.18 Å². The van der Waals surface area contributed by atoms with Crippen LogP contribution in [0.15, 0.2) is 30.6 Å². The number of nitrogens with one attached hydrogen (secondary N) is 2. The van der Waals surface area contributed by atoms with E-state index in [-0.39, 0.29) is 18.8 Å². The lowest BCUT2D eigenvalue weighted by molar-refractivity contribution is 0.0953.